The van der Waals surface area contributed by atoms with Gasteiger partial charge in [-0.05, 0) is 17.7 Å². The standard InChI is InChI=1S/C15H13F3N4O3/c16-8-3-1-7(2-4-8)11(12(17)18)20-15(25)22-5-9-10(6-22)19-14(24)21-13(9)23/h1-4,11-12H,5-6H2,(H,20,25)(H2,19,21,23,24)/t11-/m0/s1. The first-order valence-electron chi connectivity index (χ1n) is 7.28. The van der Waals surface area contributed by atoms with Crippen molar-refractivity contribution < 1.29 is 18.0 Å². The number of aromatic nitrogens is 2. The van der Waals surface area contributed by atoms with E-state index in [9.17, 15) is 27.6 Å². The maximum atomic E-state index is 13.3. The third kappa shape index (κ3) is 3.42. The van der Waals surface area contributed by atoms with Crippen molar-refractivity contribution in [3.05, 3.63) is 67.7 Å². The first-order chi connectivity index (χ1) is 11.8. The first kappa shape index (κ1) is 16.8. The van der Waals surface area contributed by atoms with Gasteiger partial charge >= 0.3 is 11.7 Å². The van der Waals surface area contributed by atoms with Gasteiger partial charge in [0, 0.05) is 5.69 Å². The van der Waals surface area contributed by atoms with Gasteiger partial charge in [-0.1, -0.05) is 12.1 Å². The van der Waals surface area contributed by atoms with Gasteiger partial charge in [-0.15, -0.1) is 0 Å². The monoisotopic (exact) mass is 354 g/mol. The SMILES string of the molecule is O=C(N[C@@H](c1ccc(F)cc1)C(F)F)N1Cc2[nH]c(=O)[nH]c(=O)c2C1. The second-order valence-corrected chi connectivity index (χ2v) is 5.53. The average molecular weight is 354 g/mol. The largest absolute Gasteiger partial charge is 0.325 e. The summed E-state index contributed by atoms with van der Waals surface area (Å²) in [5.74, 6) is -0.582. The number of urea groups is 1. The number of halogens is 3. The molecule has 2 amide bonds. The van der Waals surface area contributed by atoms with Gasteiger partial charge in [0.05, 0.1) is 18.7 Å². The molecule has 0 bridgehead atoms. The molecule has 1 aromatic heterocycles. The molecule has 0 radical (unpaired) electrons. The summed E-state index contributed by atoms with van der Waals surface area (Å²) in [5.41, 5.74) is -0.821. The number of amides is 2. The molecule has 7 nitrogen and oxygen atoms in total. The second kappa shape index (κ2) is 6.46. The summed E-state index contributed by atoms with van der Waals surface area (Å²) < 4.78 is 39.5. The van der Waals surface area contributed by atoms with Crippen LogP contribution in [0.25, 0.3) is 0 Å². The minimum Gasteiger partial charge on any atom is -0.325 e. The van der Waals surface area contributed by atoms with E-state index >= 15 is 0 Å². The zero-order valence-corrected chi connectivity index (χ0v) is 12.7. The second-order valence-electron chi connectivity index (χ2n) is 5.53. The molecule has 10 heteroatoms. The van der Waals surface area contributed by atoms with Gasteiger partial charge in [-0.3, -0.25) is 9.78 Å². The molecule has 3 rings (SSSR count). The molecule has 1 aliphatic heterocycles. The Bertz CT molecular complexity index is 907. The molecular formula is C15H13F3N4O3. The van der Waals surface area contributed by atoms with Gasteiger partial charge in [-0.2, -0.15) is 0 Å². The van der Waals surface area contributed by atoms with Gasteiger partial charge in [-0.25, -0.2) is 22.8 Å². The lowest BCUT2D eigenvalue weighted by Gasteiger charge is -2.22. The van der Waals surface area contributed by atoms with Crippen molar-refractivity contribution in [1.29, 1.82) is 0 Å². The average Bonchev–Trinajstić information content (AvgIpc) is 2.97. The Morgan fingerprint density at radius 1 is 1.12 bits per heavy atom. The fourth-order valence-electron chi connectivity index (χ4n) is 2.63. The number of carbonyl (C=O) groups excluding carboxylic acids is 1. The Hall–Kier alpha value is -3.04. The van der Waals surface area contributed by atoms with Crippen molar-refractivity contribution in [3.8, 4) is 0 Å². The first-order valence-corrected chi connectivity index (χ1v) is 7.28. The minimum absolute atomic E-state index is 0.0488. The number of fused-ring (bicyclic) bond motifs is 1. The van der Waals surface area contributed by atoms with Crippen LogP contribution in [0.4, 0.5) is 18.0 Å². The van der Waals surface area contributed by atoms with Gasteiger partial charge < -0.3 is 15.2 Å². The molecular weight excluding hydrogens is 341 g/mol. The fraction of sp³-hybridized carbons (Fsp3) is 0.267. The van der Waals surface area contributed by atoms with Gasteiger partial charge in [0.2, 0.25) is 0 Å². The number of hydrogen-bond donors (Lipinski definition) is 3. The Labute approximate surface area is 138 Å². The Morgan fingerprint density at radius 2 is 1.80 bits per heavy atom. The van der Waals surface area contributed by atoms with Crippen LogP contribution in [0.5, 0.6) is 0 Å². The normalized spacial score (nSPS) is 14.5. The third-order valence-electron chi connectivity index (χ3n) is 3.88. The number of hydrogen-bond acceptors (Lipinski definition) is 3. The minimum atomic E-state index is -2.91. The number of benzene rings is 1. The maximum absolute atomic E-state index is 13.3. The highest BCUT2D eigenvalue weighted by Crippen LogP contribution is 2.23. The molecule has 1 aliphatic rings. The van der Waals surface area contributed by atoms with Crippen molar-refractivity contribution >= 4 is 6.03 Å². The van der Waals surface area contributed by atoms with Gasteiger partial charge in [0.1, 0.15) is 11.9 Å². The van der Waals surface area contributed by atoms with Crippen LogP contribution in [0.2, 0.25) is 0 Å². The van der Waals surface area contributed by atoms with Crippen LogP contribution in [0.1, 0.15) is 22.9 Å². The number of aromatic amines is 2. The number of rotatable bonds is 3. The van der Waals surface area contributed by atoms with Crippen LogP contribution in [-0.4, -0.2) is 27.3 Å². The fourth-order valence-corrected chi connectivity index (χ4v) is 2.63. The molecule has 1 atom stereocenters. The predicted molar refractivity (Wildman–Crippen MR) is 80.6 cm³/mol. The summed E-state index contributed by atoms with van der Waals surface area (Å²) in [4.78, 5) is 40.8. The van der Waals surface area contributed by atoms with E-state index in [1.54, 1.807) is 0 Å². The molecule has 0 fully saturated rings. The Kier molecular flexibility index (Phi) is 4.34. The van der Waals surface area contributed by atoms with Crippen LogP contribution < -0.4 is 16.6 Å². The molecule has 25 heavy (non-hydrogen) atoms. The molecule has 0 spiro atoms. The Balaban J connectivity index is 1.77. The van der Waals surface area contributed by atoms with E-state index < -0.39 is 35.6 Å². The molecule has 0 aliphatic carbocycles. The Morgan fingerprint density at radius 3 is 2.44 bits per heavy atom. The van der Waals surface area contributed by atoms with E-state index in [0.717, 1.165) is 29.2 Å². The molecule has 1 aromatic carbocycles. The van der Waals surface area contributed by atoms with Gasteiger partial charge in [0.15, 0.2) is 0 Å². The number of alkyl halides is 2. The van der Waals surface area contributed by atoms with Crippen molar-refractivity contribution in [1.82, 2.24) is 20.2 Å². The molecule has 0 saturated carbocycles. The topological polar surface area (TPSA) is 98.1 Å². The predicted octanol–water partition coefficient (Wildman–Crippen LogP) is 1.23. The number of nitrogens with zero attached hydrogens (tertiary/aromatic N) is 1. The zero-order chi connectivity index (χ0) is 18.1. The van der Waals surface area contributed by atoms with Crippen LogP contribution >= 0.6 is 0 Å². The van der Waals surface area contributed by atoms with Crippen LogP contribution in [0.15, 0.2) is 33.9 Å². The summed E-state index contributed by atoms with van der Waals surface area (Å²) in [6.45, 7) is -0.202. The van der Waals surface area contributed by atoms with E-state index in [4.69, 9.17) is 0 Å². The molecule has 2 heterocycles. The van der Waals surface area contributed by atoms with Crippen LogP contribution in [-0.2, 0) is 13.1 Å². The van der Waals surface area contributed by atoms with E-state index in [0.29, 0.717) is 0 Å². The highest BCUT2D eigenvalue weighted by Gasteiger charge is 2.31. The van der Waals surface area contributed by atoms with Crippen molar-refractivity contribution in [2.75, 3.05) is 0 Å². The highest BCUT2D eigenvalue weighted by atomic mass is 19.3. The van der Waals surface area contributed by atoms with Crippen molar-refractivity contribution in [2.45, 2.75) is 25.6 Å². The number of carbonyl (C=O) groups is 1. The summed E-state index contributed by atoms with van der Waals surface area (Å²) in [6, 6.07) is 1.90. The lowest BCUT2D eigenvalue weighted by molar-refractivity contribution is 0.0961. The lowest BCUT2D eigenvalue weighted by Crippen LogP contribution is -2.41. The number of nitrogens with one attached hydrogen (secondary N) is 3. The molecule has 132 valence electrons. The zero-order valence-electron chi connectivity index (χ0n) is 12.7. The van der Waals surface area contributed by atoms with Crippen LogP contribution in [0.3, 0.4) is 0 Å². The number of H-pyrrole nitrogens is 2. The highest BCUT2D eigenvalue weighted by molar-refractivity contribution is 5.75. The van der Waals surface area contributed by atoms with E-state index in [1.807, 2.05) is 4.98 Å². The van der Waals surface area contributed by atoms with E-state index in [1.165, 1.54) is 0 Å². The summed E-state index contributed by atoms with van der Waals surface area (Å²) in [6.07, 6.45) is -2.91. The van der Waals surface area contributed by atoms with E-state index in [-0.39, 0.29) is 29.9 Å². The lowest BCUT2D eigenvalue weighted by atomic mass is 10.1. The van der Waals surface area contributed by atoms with Crippen molar-refractivity contribution in [2.24, 2.45) is 0 Å². The smallest absolute Gasteiger partial charge is 0.325 e. The summed E-state index contributed by atoms with van der Waals surface area (Å²) in [5, 5.41) is 2.17. The molecule has 3 N–H and O–H groups in total. The maximum Gasteiger partial charge on any atom is 0.325 e. The molecule has 0 unspecified atom stereocenters. The van der Waals surface area contributed by atoms with E-state index in [2.05, 4.69) is 10.3 Å². The summed E-state index contributed by atoms with van der Waals surface area (Å²) in [7, 11) is 0. The molecule has 0 saturated heterocycles. The van der Waals surface area contributed by atoms with Crippen LogP contribution in [0, 0.1) is 5.82 Å². The van der Waals surface area contributed by atoms with Gasteiger partial charge in [0.25, 0.3) is 12.0 Å². The molecule has 2 aromatic rings. The third-order valence-corrected chi connectivity index (χ3v) is 3.88. The quantitative estimate of drug-likeness (QED) is 0.773. The summed E-state index contributed by atoms with van der Waals surface area (Å²) >= 11 is 0. The van der Waals surface area contributed by atoms with Crippen molar-refractivity contribution in [3.63, 3.8) is 0 Å².